The first kappa shape index (κ1) is 20.4. The maximum absolute atomic E-state index is 12.7. The van der Waals surface area contributed by atoms with Crippen molar-refractivity contribution in [2.75, 3.05) is 0 Å². The standard InChI is InChI=1S/C27H29N5O/c1-15-24(16(2)32(3)31-15)18-11-21-20(13-23(28)25(21)29-14-18)17-7-8-19-22(12-17)27(30-26(19)33)9-5-4-6-10-27/h7-8,11-14,23H,4-6,9-10,28H2,1-3H3,(H,30,33)/t23-/m0/s1. The topological polar surface area (TPSA) is 85.8 Å². The number of nitrogens with zero attached hydrogens (tertiary/aromatic N) is 3. The number of carbonyl (C=O) groups excluding carboxylic acids is 1. The average molecular weight is 440 g/mol. The molecule has 3 N–H and O–H groups in total. The Morgan fingerprint density at radius 1 is 1.09 bits per heavy atom. The molecule has 1 amide bonds. The highest BCUT2D eigenvalue weighted by molar-refractivity contribution is 6.01. The Bertz CT molecular complexity index is 1340. The first-order chi connectivity index (χ1) is 15.9. The number of fused-ring (bicyclic) bond motifs is 3. The van der Waals surface area contributed by atoms with Gasteiger partial charge < -0.3 is 11.1 Å². The lowest BCUT2D eigenvalue weighted by Gasteiger charge is -2.34. The normalized spacial score (nSPS) is 20.5. The third-order valence-corrected chi connectivity index (χ3v) is 7.82. The minimum Gasteiger partial charge on any atom is -0.342 e. The lowest BCUT2D eigenvalue weighted by Crippen LogP contribution is -2.40. The Balaban J connectivity index is 1.46. The van der Waals surface area contributed by atoms with Crippen molar-refractivity contribution in [3.63, 3.8) is 0 Å². The summed E-state index contributed by atoms with van der Waals surface area (Å²) in [5, 5.41) is 7.90. The number of nitrogens with one attached hydrogen (secondary N) is 1. The van der Waals surface area contributed by atoms with Gasteiger partial charge in [0, 0.05) is 41.2 Å². The van der Waals surface area contributed by atoms with E-state index >= 15 is 0 Å². The van der Waals surface area contributed by atoms with Crippen molar-refractivity contribution in [1.82, 2.24) is 20.1 Å². The monoisotopic (exact) mass is 439 g/mol. The fraction of sp³-hybridized carbons (Fsp3) is 0.370. The molecule has 2 aliphatic carbocycles. The van der Waals surface area contributed by atoms with Crippen molar-refractivity contribution in [2.45, 2.75) is 57.5 Å². The van der Waals surface area contributed by atoms with Crippen LogP contribution in [0.4, 0.5) is 0 Å². The van der Waals surface area contributed by atoms with Crippen LogP contribution in [-0.2, 0) is 12.6 Å². The molecule has 0 bridgehead atoms. The van der Waals surface area contributed by atoms with Crippen LogP contribution in [0, 0.1) is 13.8 Å². The Morgan fingerprint density at radius 3 is 2.61 bits per heavy atom. The zero-order chi connectivity index (χ0) is 22.9. The zero-order valence-electron chi connectivity index (χ0n) is 19.4. The summed E-state index contributed by atoms with van der Waals surface area (Å²) < 4.78 is 1.91. The van der Waals surface area contributed by atoms with Gasteiger partial charge in [-0.15, -0.1) is 0 Å². The molecule has 1 fully saturated rings. The highest BCUT2D eigenvalue weighted by Crippen LogP contribution is 2.45. The fourth-order valence-corrected chi connectivity index (χ4v) is 6.09. The van der Waals surface area contributed by atoms with E-state index in [1.54, 1.807) is 0 Å². The Morgan fingerprint density at radius 2 is 1.88 bits per heavy atom. The van der Waals surface area contributed by atoms with Crippen molar-refractivity contribution in [1.29, 1.82) is 0 Å². The molecule has 6 rings (SSSR count). The predicted molar refractivity (Wildman–Crippen MR) is 129 cm³/mol. The number of benzene rings is 1. The molecule has 3 aliphatic rings. The number of aromatic nitrogens is 3. The van der Waals surface area contributed by atoms with E-state index in [0.717, 1.165) is 81.7 Å². The molecule has 1 atom stereocenters. The van der Waals surface area contributed by atoms with Gasteiger partial charge in [-0.1, -0.05) is 31.4 Å². The van der Waals surface area contributed by atoms with Gasteiger partial charge in [0.1, 0.15) is 0 Å². The third-order valence-electron chi connectivity index (χ3n) is 7.82. The lowest BCUT2D eigenvalue weighted by atomic mass is 9.76. The average Bonchev–Trinajstić information content (AvgIpc) is 3.37. The van der Waals surface area contributed by atoms with E-state index in [1.807, 2.05) is 30.9 Å². The van der Waals surface area contributed by atoms with E-state index in [1.165, 1.54) is 6.42 Å². The highest BCUT2D eigenvalue weighted by atomic mass is 16.2. The molecule has 1 aliphatic heterocycles. The molecule has 6 heteroatoms. The van der Waals surface area contributed by atoms with Crippen LogP contribution >= 0.6 is 0 Å². The van der Waals surface area contributed by atoms with Crippen LogP contribution in [0.25, 0.3) is 16.7 Å². The molecule has 33 heavy (non-hydrogen) atoms. The molecule has 2 aromatic heterocycles. The van der Waals surface area contributed by atoms with E-state index in [-0.39, 0.29) is 17.5 Å². The Hall–Kier alpha value is -3.25. The molecule has 0 unspecified atom stereocenters. The van der Waals surface area contributed by atoms with Gasteiger partial charge in [0.15, 0.2) is 0 Å². The number of rotatable bonds is 2. The van der Waals surface area contributed by atoms with Gasteiger partial charge >= 0.3 is 0 Å². The van der Waals surface area contributed by atoms with Gasteiger partial charge in [-0.3, -0.25) is 14.5 Å². The summed E-state index contributed by atoms with van der Waals surface area (Å²) in [7, 11) is 1.97. The minimum atomic E-state index is -0.239. The molecule has 3 aromatic rings. The molecular weight excluding hydrogens is 410 g/mol. The van der Waals surface area contributed by atoms with Gasteiger partial charge in [0.05, 0.1) is 23.0 Å². The van der Waals surface area contributed by atoms with Gasteiger partial charge in [-0.05, 0) is 61.6 Å². The number of hydrogen-bond acceptors (Lipinski definition) is 4. The number of carbonyl (C=O) groups is 1. The van der Waals surface area contributed by atoms with E-state index in [0.29, 0.717) is 0 Å². The maximum atomic E-state index is 12.7. The van der Waals surface area contributed by atoms with Crippen LogP contribution in [0.3, 0.4) is 0 Å². The minimum absolute atomic E-state index is 0.0578. The van der Waals surface area contributed by atoms with Crippen LogP contribution in [0.1, 0.15) is 82.3 Å². The van der Waals surface area contributed by atoms with Crippen molar-refractivity contribution < 1.29 is 4.79 Å². The Kier molecular flexibility index (Phi) is 4.40. The second-order valence-corrected chi connectivity index (χ2v) is 9.79. The fourth-order valence-electron chi connectivity index (χ4n) is 6.09. The van der Waals surface area contributed by atoms with Crippen molar-refractivity contribution in [3.05, 3.63) is 75.9 Å². The van der Waals surface area contributed by atoms with Crippen LogP contribution in [0.15, 0.2) is 36.5 Å². The smallest absolute Gasteiger partial charge is 0.252 e. The molecule has 1 saturated carbocycles. The van der Waals surface area contributed by atoms with Crippen LogP contribution in [-0.4, -0.2) is 20.7 Å². The van der Waals surface area contributed by atoms with Crippen LogP contribution in [0.2, 0.25) is 0 Å². The van der Waals surface area contributed by atoms with E-state index in [2.05, 4.69) is 41.6 Å². The lowest BCUT2D eigenvalue weighted by molar-refractivity contribution is 0.0909. The quantitative estimate of drug-likeness (QED) is 0.618. The largest absolute Gasteiger partial charge is 0.342 e. The molecular formula is C27H29N5O. The van der Waals surface area contributed by atoms with Crippen molar-refractivity contribution >= 4 is 11.5 Å². The first-order valence-corrected chi connectivity index (χ1v) is 11.8. The number of hydrogen-bond donors (Lipinski definition) is 2. The number of pyridine rings is 1. The second-order valence-electron chi connectivity index (χ2n) is 9.79. The highest BCUT2D eigenvalue weighted by Gasteiger charge is 2.43. The predicted octanol–water partition coefficient (Wildman–Crippen LogP) is 4.45. The third kappa shape index (κ3) is 2.93. The Labute approximate surface area is 193 Å². The van der Waals surface area contributed by atoms with Crippen molar-refractivity contribution in [2.24, 2.45) is 12.8 Å². The van der Waals surface area contributed by atoms with Gasteiger partial charge in [0.25, 0.3) is 5.91 Å². The summed E-state index contributed by atoms with van der Waals surface area (Å²) in [5.74, 6) is 0.0578. The number of amides is 1. The summed E-state index contributed by atoms with van der Waals surface area (Å²) >= 11 is 0. The summed E-state index contributed by atoms with van der Waals surface area (Å²) in [6, 6.07) is 8.23. The van der Waals surface area contributed by atoms with Crippen LogP contribution < -0.4 is 11.1 Å². The van der Waals surface area contributed by atoms with Crippen LogP contribution in [0.5, 0.6) is 0 Å². The summed E-state index contributed by atoms with van der Waals surface area (Å²) in [6.07, 6.45) is 9.57. The molecule has 1 aromatic carbocycles. The SMILES string of the molecule is Cc1nn(C)c(C)c1-c1cnc2c(c1)C(c1ccc3c(c1)C1(CCCCC1)NC3=O)=C[C@@H]2N. The number of nitrogens with two attached hydrogens (primary N) is 1. The maximum Gasteiger partial charge on any atom is 0.252 e. The molecule has 3 heterocycles. The summed E-state index contributed by atoms with van der Waals surface area (Å²) in [6.45, 7) is 4.12. The van der Waals surface area contributed by atoms with E-state index in [9.17, 15) is 4.79 Å². The van der Waals surface area contributed by atoms with Gasteiger partial charge in [-0.25, -0.2) is 0 Å². The zero-order valence-corrected chi connectivity index (χ0v) is 19.4. The van der Waals surface area contributed by atoms with Crippen molar-refractivity contribution in [3.8, 4) is 11.1 Å². The second kappa shape index (κ2) is 7.12. The van der Waals surface area contributed by atoms with Gasteiger partial charge in [-0.2, -0.15) is 5.10 Å². The van der Waals surface area contributed by atoms with E-state index < -0.39 is 0 Å². The van der Waals surface area contributed by atoms with E-state index in [4.69, 9.17) is 10.7 Å². The number of aryl methyl sites for hydroxylation is 2. The van der Waals surface area contributed by atoms with Gasteiger partial charge in [0.2, 0.25) is 0 Å². The summed E-state index contributed by atoms with van der Waals surface area (Å²) in [4.78, 5) is 17.5. The molecule has 6 nitrogen and oxygen atoms in total. The first-order valence-electron chi connectivity index (χ1n) is 11.8. The molecule has 1 spiro atoms. The summed E-state index contributed by atoms with van der Waals surface area (Å²) in [5.41, 5.74) is 16.7. The molecule has 168 valence electrons. The molecule has 0 radical (unpaired) electrons. The molecule has 0 saturated heterocycles.